The molecule has 1 aromatic carbocycles. The molecule has 0 unspecified atom stereocenters. The summed E-state index contributed by atoms with van der Waals surface area (Å²) in [4.78, 5) is 16.5. The Bertz CT molecular complexity index is 434. The van der Waals surface area contributed by atoms with E-state index in [1.54, 1.807) is 11.8 Å². The van der Waals surface area contributed by atoms with Gasteiger partial charge in [-0.3, -0.25) is 4.79 Å². The fraction of sp³-hybridized carbons (Fsp3) is 0.562. The highest BCUT2D eigenvalue weighted by molar-refractivity contribution is 8.01. The number of hydrogen-bond acceptors (Lipinski definition) is 3. The number of piperazine rings is 1. The second kappa shape index (κ2) is 6.53. The lowest BCUT2D eigenvalue weighted by molar-refractivity contribution is -0.128. The molecule has 0 aliphatic carbocycles. The molecule has 0 radical (unpaired) electrons. The highest BCUT2D eigenvalue weighted by Gasteiger charge is 2.22. The fourth-order valence-electron chi connectivity index (χ4n) is 2.22. The van der Waals surface area contributed by atoms with Crippen LogP contribution in [-0.2, 0) is 4.79 Å². The smallest absolute Gasteiger partial charge is 0.232 e. The Morgan fingerprint density at radius 1 is 1.10 bits per heavy atom. The van der Waals surface area contributed by atoms with Gasteiger partial charge in [-0.25, -0.2) is 0 Å². The van der Waals surface area contributed by atoms with E-state index >= 15 is 0 Å². The van der Waals surface area contributed by atoms with E-state index in [4.69, 9.17) is 0 Å². The maximum Gasteiger partial charge on any atom is 0.232 e. The van der Waals surface area contributed by atoms with E-state index in [1.165, 1.54) is 5.69 Å². The van der Waals surface area contributed by atoms with Gasteiger partial charge in [0.25, 0.3) is 0 Å². The van der Waals surface area contributed by atoms with Crippen molar-refractivity contribution in [3.05, 3.63) is 30.3 Å². The Kier molecular flexibility index (Phi) is 4.97. The van der Waals surface area contributed by atoms with Crippen LogP contribution >= 0.6 is 11.8 Å². The predicted octanol–water partition coefficient (Wildman–Crippen LogP) is 2.87. The fourth-order valence-corrected chi connectivity index (χ4v) is 2.96. The lowest BCUT2D eigenvalue weighted by atomic mass is 10.2. The monoisotopic (exact) mass is 292 g/mol. The van der Waals surface area contributed by atoms with Gasteiger partial charge in [0.2, 0.25) is 5.91 Å². The summed E-state index contributed by atoms with van der Waals surface area (Å²) < 4.78 is 0.154. The Labute approximate surface area is 126 Å². The Balaban J connectivity index is 1.81. The topological polar surface area (TPSA) is 23.6 Å². The molecule has 1 heterocycles. The van der Waals surface area contributed by atoms with Crippen molar-refractivity contribution in [3.63, 3.8) is 0 Å². The summed E-state index contributed by atoms with van der Waals surface area (Å²) in [5, 5.41) is 0. The molecule has 20 heavy (non-hydrogen) atoms. The Hall–Kier alpha value is -1.16. The van der Waals surface area contributed by atoms with E-state index in [0.29, 0.717) is 5.75 Å². The van der Waals surface area contributed by atoms with E-state index < -0.39 is 0 Å². The van der Waals surface area contributed by atoms with Crippen LogP contribution in [0, 0.1) is 0 Å². The first kappa shape index (κ1) is 15.2. The third-order valence-corrected chi connectivity index (χ3v) is 4.64. The van der Waals surface area contributed by atoms with Crippen molar-refractivity contribution < 1.29 is 4.79 Å². The molecule has 0 spiro atoms. The minimum absolute atomic E-state index is 0.154. The maximum atomic E-state index is 12.2. The molecular formula is C16H24N2OS. The molecule has 0 atom stereocenters. The summed E-state index contributed by atoms with van der Waals surface area (Å²) in [7, 11) is 0. The van der Waals surface area contributed by atoms with Crippen molar-refractivity contribution in [1.29, 1.82) is 0 Å². The SMILES string of the molecule is CC(C)(C)SCC(=O)N1CCN(c2ccccc2)CC1. The third kappa shape index (κ3) is 4.44. The first-order valence-electron chi connectivity index (χ1n) is 7.17. The van der Waals surface area contributed by atoms with Crippen molar-refractivity contribution in [2.24, 2.45) is 0 Å². The summed E-state index contributed by atoms with van der Waals surface area (Å²) in [6.07, 6.45) is 0. The van der Waals surface area contributed by atoms with Crippen molar-refractivity contribution in [1.82, 2.24) is 4.90 Å². The number of benzene rings is 1. The molecule has 3 nitrogen and oxygen atoms in total. The molecule has 110 valence electrons. The Morgan fingerprint density at radius 3 is 2.25 bits per heavy atom. The van der Waals surface area contributed by atoms with Gasteiger partial charge in [0, 0.05) is 36.6 Å². The van der Waals surface area contributed by atoms with E-state index in [9.17, 15) is 4.79 Å². The van der Waals surface area contributed by atoms with Crippen LogP contribution in [0.3, 0.4) is 0 Å². The number of rotatable bonds is 3. The Morgan fingerprint density at radius 2 is 1.70 bits per heavy atom. The van der Waals surface area contributed by atoms with Crippen molar-refractivity contribution in [2.75, 3.05) is 36.8 Å². The highest BCUT2D eigenvalue weighted by Crippen LogP contribution is 2.23. The van der Waals surface area contributed by atoms with E-state index in [0.717, 1.165) is 26.2 Å². The third-order valence-electron chi connectivity index (χ3n) is 3.38. The summed E-state index contributed by atoms with van der Waals surface area (Å²) >= 11 is 1.73. The van der Waals surface area contributed by atoms with Crippen molar-refractivity contribution >= 4 is 23.4 Å². The quantitative estimate of drug-likeness (QED) is 0.856. The molecule has 0 saturated carbocycles. The summed E-state index contributed by atoms with van der Waals surface area (Å²) in [6.45, 7) is 9.97. The van der Waals surface area contributed by atoms with Gasteiger partial charge in [0.15, 0.2) is 0 Å². The lowest BCUT2D eigenvalue weighted by Gasteiger charge is -2.36. The van der Waals surface area contributed by atoms with Crippen LogP contribution in [0.15, 0.2) is 30.3 Å². The van der Waals surface area contributed by atoms with E-state index in [2.05, 4.69) is 49.9 Å². The maximum absolute atomic E-state index is 12.2. The highest BCUT2D eigenvalue weighted by atomic mass is 32.2. The zero-order chi connectivity index (χ0) is 14.6. The van der Waals surface area contributed by atoms with Crippen LogP contribution in [0.2, 0.25) is 0 Å². The van der Waals surface area contributed by atoms with Crippen LogP contribution in [-0.4, -0.2) is 47.5 Å². The molecule has 1 aliphatic heterocycles. The molecule has 2 rings (SSSR count). The second-order valence-corrected chi connectivity index (χ2v) is 7.91. The number of thioether (sulfide) groups is 1. The molecule has 4 heteroatoms. The summed E-state index contributed by atoms with van der Waals surface area (Å²) in [5.41, 5.74) is 1.25. The molecule has 1 aliphatic rings. The molecule has 0 aromatic heterocycles. The normalized spacial score (nSPS) is 16.4. The van der Waals surface area contributed by atoms with E-state index in [-0.39, 0.29) is 10.7 Å². The van der Waals surface area contributed by atoms with Gasteiger partial charge >= 0.3 is 0 Å². The van der Waals surface area contributed by atoms with E-state index in [1.807, 2.05) is 11.0 Å². The molecule has 0 N–H and O–H groups in total. The number of carbonyl (C=O) groups is 1. The van der Waals surface area contributed by atoms with Crippen LogP contribution in [0.1, 0.15) is 20.8 Å². The zero-order valence-electron chi connectivity index (χ0n) is 12.6. The second-order valence-electron chi connectivity index (χ2n) is 6.10. The number of amides is 1. The number of para-hydroxylation sites is 1. The number of nitrogens with zero attached hydrogens (tertiary/aromatic N) is 2. The van der Waals surface area contributed by atoms with Gasteiger partial charge in [-0.05, 0) is 12.1 Å². The van der Waals surface area contributed by atoms with Gasteiger partial charge in [-0.1, -0.05) is 39.0 Å². The van der Waals surface area contributed by atoms with Crippen molar-refractivity contribution in [2.45, 2.75) is 25.5 Å². The number of carbonyl (C=O) groups excluding carboxylic acids is 1. The van der Waals surface area contributed by atoms with Crippen LogP contribution in [0.4, 0.5) is 5.69 Å². The molecule has 1 saturated heterocycles. The number of anilines is 1. The summed E-state index contributed by atoms with van der Waals surface area (Å²) in [6, 6.07) is 10.4. The van der Waals surface area contributed by atoms with Crippen molar-refractivity contribution in [3.8, 4) is 0 Å². The minimum atomic E-state index is 0.154. The van der Waals surface area contributed by atoms with Crippen LogP contribution in [0.5, 0.6) is 0 Å². The van der Waals surface area contributed by atoms with Gasteiger partial charge in [-0.15, -0.1) is 11.8 Å². The standard InChI is InChI=1S/C16H24N2OS/c1-16(2,3)20-13-15(19)18-11-9-17(10-12-18)14-7-5-4-6-8-14/h4-8H,9-13H2,1-3H3. The van der Waals surface area contributed by atoms with Crippen LogP contribution < -0.4 is 4.90 Å². The average Bonchev–Trinajstić information content (AvgIpc) is 2.45. The molecular weight excluding hydrogens is 268 g/mol. The first-order valence-corrected chi connectivity index (χ1v) is 8.16. The molecule has 0 bridgehead atoms. The van der Waals surface area contributed by atoms with Gasteiger partial charge < -0.3 is 9.80 Å². The minimum Gasteiger partial charge on any atom is -0.368 e. The average molecular weight is 292 g/mol. The van der Waals surface area contributed by atoms with Gasteiger partial charge in [-0.2, -0.15) is 0 Å². The van der Waals surface area contributed by atoms with Gasteiger partial charge in [0.1, 0.15) is 0 Å². The largest absolute Gasteiger partial charge is 0.368 e. The lowest BCUT2D eigenvalue weighted by Crippen LogP contribution is -2.49. The van der Waals surface area contributed by atoms with Gasteiger partial charge in [0.05, 0.1) is 5.75 Å². The zero-order valence-corrected chi connectivity index (χ0v) is 13.4. The molecule has 1 aromatic rings. The molecule has 1 amide bonds. The molecule has 1 fully saturated rings. The first-order chi connectivity index (χ1) is 9.46. The summed E-state index contributed by atoms with van der Waals surface area (Å²) in [5.74, 6) is 0.868. The predicted molar refractivity (Wildman–Crippen MR) is 87.4 cm³/mol. The number of hydrogen-bond donors (Lipinski definition) is 0. The van der Waals surface area contributed by atoms with Crippen LogP contribution in [0.25, 0.3) is 0 Å².